The van der Waals surface area contributed by atoms with E-state index in [0.29, 0.717) is 0 Å². The van der Waals surface area contributed by atoms with Gasteiger partial charge in [0.05, 0.1) is 11.4 Å². The third-order valence-electron chi connectivity index (χ3n) is 4.05. The van der Waals surface area contributed by atoms with Gasteiger partial charge in [-0.05, 0) is 33.1 Å². The molecule has 0 spiro atoms. The summed E-state index contributed by atoms with van der Waals surface area (Å²) in [5.41, 5.74) is 2.13. The van der Waals surface area contributed by atoms with E-state index in [1.54, 1.807) is 0 Å². The lowest BCUT2D eigenvalue weighted by molar-refractivity contribution is -0.129. The maximum atomic E-state index is 11.8. The first kappa shape index (κ1) is 16.1. The van der Waals surface area contributed by atoms with Crippen LogP contribution in [0.5, 0.6) is 0 Å². The van der Waals surface area contributed by atoms with E-state index in [-0.39, 0.29) is 30.5 Å². The summed E-state index contributed by atoms with van der Waals surface area (Å²) in [5.74, 6) is 0.174. The van der Waals surface area contributed by atoms with Crippen molar-refractivity contribution in [2.45, 2.75) is 71.9 Å². The summed E-state index contributed by atoms with van der Waals surface area (Å²) in [6.45, 7) is 8.21. The van der Waals surface area contributed by atoms with Crippen LogP contribution in [0, 0.1) is 5.92 Å². The molecule has 1 heterocycles. The number of rotatable bonds is 5. The van der Waals surface area contributed by atoms with Crippen molar-refractivity contribution in [1.82, 2.24) is 15.0 Å². The summed E-state index contributed by atoms with van der Waals surface area (Å²) in [6.07, 6.45) is 5.32. The van der Waals surface area contributed by atoms with Crippen LogP contribution in [0.2, 0.25) is 0 Å². The van der Waals surface area contributed by atoms with Gasteiger partial charge in [-0.3, -0.25) is 4.79 Å². The second-order valence-corrected chi connectivity index (χ2v) is 6.48. The van der Waals surface area contributed by atoms with Gasteiger partial charge in [-0.25, -0.2) is 4.68 Å². The van der Waals surface area contributed by atoms with Crippen LogP contribution in [0.1, 0.15) is 76.9 Å². The Bertz CT molecular complexity index is 480. The highest BCUT2D eigenvalue weighted by Crippen LogP contribution is 2.31. The number of hydrogen-bond donors (Lipinski definition) is 0. The lowest BCUT2D eigenvalue weighted by Crippen LogP contribution is -2.21. The van der Waals surface area contributed by atoms with E-state index < -0.39 is 0 Å². The van der Waals surface area contributed by atoms with Crippen LogP contribution in [0.3, 0.4) is 0 Å². The van der Waals surface area contributed by atoms with Crippen LogP contribution in [-0.4, -0.2) is 27.4 Å². The molecule has 5 heteroatoms. The number of ether oxygens (including phenoxy) is 1. The molecule has 1 atom stereocenters. The molecule has 0 aromatic carbocycles. The maximum Gasteiger partial charge on any atom is 0.161 e. The predicted molar refractivity (Wildman–Crippen MR) is 81.1 cm³/mol. The van der Waals surface area contributed by atoms with Crippen molar-refractivity contribution in [3.05, 3.63) is 11.4 Å². The highest BCUT2D eigenvalue weighted by molar-refractivity contribution is 5.81. The highest BCUT2D eigenvalue weighted by Gasteiger charge is 2.26. The summed E-state index contributed by atoms with van der Waals surface area (Å²) in [7, 11) is 0. The number of carbonyl (C=O) groups is 1. The second-order valence-electron chi connectivity index (χ2n) is 6.48. The van der Waals surface area contributed by atoms with E-state index >= 15 is 0 Å². The van der Waals surface area contributed by atoms with Crippen molar-refractivity contribution in [2.24, 2.45) is 5.92 Å². The standard InChI is InChI=1S/C16H27N3O2/c1-11(2)14(20)10-21-15-9-7-5-6-8-13-16(15)19(12(3)4)18-17-13/h11-12,15H,5-10H2,1-4H3. The molecule has 0 fully saturated rings. The zero-order valence-corrected chi connectivity index (χ0v) is 13.6. The molecule has 0 bridgehead atoms. The van der Waals surface area contributed by atoms with Crippen LogP contribution in [0.25, 0.3) is 0 Å². The van der Waals surface area contributed by atoms with E-state index in [9.17, 15) is 4.79 Å². The van der Waals surface area contributed by atoms with Crippen LogP contribution >= 0.6 is 0 Å². The third kappa shape index (κ3) is 3.90. The lowest BCUT2D eigenvalue weighted by atomic mass is 9.98. The van der Waals surface area contributed by atoms with Gasteiger partial charge in [0.15, 0.2) is 5.78 Å². The molecule has 0 aliphatic heterocycles. The number of Topliss-reactive ketones (excluding diaryl/α,β-unsaturated/α-hetero) is 1. The summed E-state index contributed by atoms with van der Waals surface area (Å²) in [4.78, 5) is 11.8. The topological polar surface area (TPSA) is 57.0 Å². The second kappa shape index (κ2) is 7.16. The maximum absolute atomic E-state index is 11.8. The normalized spacial score (nSPS) is 19.4. The Kier molecular flexibility index (Phi) is 5.51. The van der Waals surface area contributed by atoms with E-state index in [0.717, 1.165) is 37.1 Å². The number of hydrogen-bond acceptors (Lipinski definition) is 4. The van der Waals surface area contributed by atoms with Gasteiger partial charge in [0, 0.05) is 12.0 Å². The molecule has 1 aromatic heterocycles. The van der Waals surface area contributed by atoms with Crippen molar-refractivity contribution in [3.63, 3.8) is 0 Å². The minimum atomic E-state index is -0.0552. The van der Waals surface area contributed by atoms with Gasteiger partial charge in [-0.2, -0.15) is 0 Å². The van der Waals surface area contributed by atoms with Gasteiger partial charge in [0.1, 0.15) is 12.7 Å². The van der Waals surface area contributed by atoms with E-state index in [4.69, 9.17) is 4.74 Å². The smallest absolute Gasteiger partial charge is 0.161 e. The van der Waals surface area contributed by atoms with Gasteiger partial charge in [-0.1, -0.05) is 31.9 Å². The Balaban J connectivity index is 2.20. The molecule has 1 aromatic rings. The zero-order valence-electron chi connectivity index (χ0n) is 13.6. The number of aromatic nitrogens is 3. The van der Waals surface area contributed by atoms with Crippen LogP contribution in [-0.2, 0) is 16.0 Å². The molecule has 5 nitrogen and oxygen atoms in total. The van der Waals surface area contributed by atoms with Gasteiger partial charge in [-0.15, -0.1) is 5.10 Å². The first-order valence-electron chi connectivity index (χ1n) is 8.09. The molecule has 1 aliphatic rings. The number of nitrogens with zero attached hydrogens (tertiary/aromatic N) is 3. The summed E-state index contributed by atoms with van der Waals surface area (Å²) < 4.78 is 7.93. The van der Waals surface area contributed by atoms with Crippen molar-refractivity contribution >= 4 is 5.78 Å². The van der Waals surface area contributed by atoms with Gasteiger partial charge < -0.3 is 4.74 Å². The first-order valence-corrected chi connectivity index (χ1v) is 8.09. The SMILES string of the molecule is CC(C)C(=O)COC1CCCCCc2nnn(C(C)C)c21. The first-order chi connectivity index (χ1) is 10.0. The largest absolute Gasteiger partial charge is 0.364 e. The molecule has 21 heavy (non-hydrogen) atoms. The number of carbonyl (C=O) groups excluding carboxylic acids is 1. The molecular formula is C16H27N3O2. The summed E-state index contributed by atoms with van der Waals surface area (Å²) in [5, 5.41) is 8.63. The third-order valence-corrected chi connectivity index (χ3v) is 4.05. The van der Waals surface area contributed by atoms with Crippen LogP contribution in [0.4, 0.5) is 0 Å². The predicted octanol–water partition coefficient (Wildman–Crippen LogP) is 3.26. The molecule has 0 radical (unpaired) electrons. The fraction of sp³-hybridized carbons (Fsp3) is 0.812. The fourth-order valence-corrected chi connectivity index (χ4v) is 2.67. The number of fused-ring (bicyclic) bond motifs is 1. The average Bonchev–Trinajstić information content (AvgIpc) is 2.81. The Morgan fingerprint density at radius 3 is 2.71 bits per heavy atom. The molecule has 118 valence electrons. The quantitative estimate of drug-likeness (QED) is 0.836. The van der Waals surface area contributed by atoms with E-state index in [1.807, 2.05) is 18.5 Å². The minimum Gasteiger partial charge on any atom is -0.364 e. The Morgan fingerprint density at radius 1 is 1.29 bits per heavy atom. The zero-order chi connectivity index (χ0) is 15.4. The highest BCUT2D eigenvalue weighted by atomic mass is 16.5. The molecule has 0 N–H and O–H groups in total. The molecule has 0 saturated heterocycles. The molecule has 2 rings (SSSR count). The van der Waals surface area contributed by atoms with Crippen molar-refractivity contribution in [3.8, 4) is 0 Å². The number of ketones is 1. The Hall–Kier alpha value is -1.23. The Morgan fingerprint density at radius 2 is 2.05 bits per heavy atom. The van der Waals surface area contributed by atoms with Crippen molar-refractivity contribution in [1.29, 1.82) is 0 Å². The summed E-state index contributed by atoms with van der Waals surface area (Å²) >= 11 is 0. The monoisotopic (exact) mass is 293 g/mol. The van der Waals surface area contributed by atoms with Crippen molar-refractivity contribution in [2.75, 3.05) is 6.61 Å². The van der Waals surface area contributed by atoms with Gasteiger partial charge >= 0.3 is 0 Å². The molecular weight excluding hydrogens is 266 g/mol. The van der Waals surface area contributed by atoms with Gasteiger partial charge in [0.2, 0.25) is 0 Å². The van der Waals surface area contributed by atoms with Crippen molar-refractivity contribution < 1.29 is 9.53 Å². The van der Waals surface area contributed by atoms with E-state index in [2.05, 4.69) is 24.2 Å². The van der Waals surface area contributed by atoms with Gasteiger partial charge in [0.25, 0.3) is 0 Å². The molecule has 0 amide bonds. The molecule has 0 saturated carbocycles. The average molecular weight is 293 g/mol. The molecule has 1 aliphatic carbocycles. The molecule has 1 unspecified atom stereocenters. The summed E-state index contributed by atoms with van der Waals surface area (Å²) in [6, 6.07) is 0.257. The van der Waals surface area contributed by atoms with Crippen LogP contribution < -0.4 is 0 Å². The minimum absolute atomic E-state index is 0.0196. The van der Waals surface area contributed by atoms with Crippen LogP contribution in [0.15, 0.2) is 0 Å². The Labute approximate surface area is 127 Å². The number of aryl methyl sites for hydroxylation is 1. The fourth-order valence-electron chi connectivity index (χ4n) is 2.67. The van der Waals surface area contributed by atoms with E-state index in [1.165, 1.54) is 6.42 Å². The lowest BCUT2D eigenvalue weighted by Gasteiger charge is -2.23.